The second-order valence-corrected chi connectivity index (χ2v) is 9.69. The zero-order valence-electron chi connectivity index (χ0n) is 19.0. The molecule has 34 heavy (non-hydrogen) atoms. The molecular formula is C27H30N2O5. The van der Waals surface area contributed by atoms with Crippen LogP contribution in [0.4, 0.5) is 4.79 Å². The normalized spacial score (nSPS) is 24.7. The molecule has 3 N–H and O–H groups in total. The van der Waals surface area contributed by atoms with Crippen molar-refractivity contribution in [2.24, 2.45) is 23.7 Å². The summed E-state index contributed by atoms with van der Waals surface area (Å²) >= 11 is 0. The van der Waals surface area contributed by atoms with E-state index in [1.807, 2.05) is 24.3 Å². The molecule has 0 aromatic heterocycles. The van der Waals surface area contributed by atoms with Crippen LogP contribution in [0.2, 0.25) is 0 Å². The van der Waals surface area contributed by atoms with Crippen molar-refractivity contribution in [1.82, 2.24) is 10.6 Å². The third-order valence-electron chi connectivity index (χ3n) is 7.63. The lowest BCUT2D eigenvalue weighted by molar-refractivity contribution is -0.139. The van der Waals surface area contributed by atoms with E-state index in [9.17, 15) is 14.4 Å². The molecule has 0 spiro atoms. The van der Waals surface area contributed by atoms with Crippen molar-refractivity contribution in [3.05, 3.63) is 59.7 Å². The molecule has 2 saturated carbocycles. The van der Waals surface area contributed by atoms with Gasteiger partial charge in [0.15, 0.2) is 0 Å². The summed E-state index contributed by atoms with van der Waals surface area (Å²) in [6, 6.07) is 16.4. The number of fused-ring (bicyclic) bond motifs is 3. The molecule has 5 rings (SSSR count). The van der Waals surface area contributed by atoms with Crippen LogP contribution in [0.3, 0.4) is 0 Å². The lowest BCUT2D eigenvalue weighted by atomic mass is 9.95. The van der Waals surface area contributed by atoms with Crippen molar-refractivity contribution in [3.63, 3.8) is 0 Å². The van der Waals surface area contributed by atoms with Gasteiger partial charge in [0.2, 0.25) is 5.91 Å². The zero-order chi connectivity index (χ0) is 23.7. The van der Waals surface area contributed by atoms with Crippen molar-refractivity contribution in [1.29, 1.82) is 0 Å². The maximum atomic E-state index is 12.6. The van der Waals surface area contributed by atoms with E-state index < -0.39 is 12.1 Å². The number of carbonyl (C=O) groups excluding carboxylic acids is 2. The van der Waals surface area contributed by atoms with Crippen molar-refractivity contribution < 1.29 is 24.2 Å². The molecule has 0 saturated heterocycles. The van der Waals surface area contributed by atoms with Crippen LogP contribution in [0.1, 0.15) is 42.7 Å². The molecule has 178 valence electrons. The summed E-state index contributed by atoms with van der Waals surface area (Å²) < 4.78 is 5.61. The van der Waals surface area contributed by atoms with E-state index in [1.54, 1.807) is 0 Å². The summed E-state index contributed by atoms with van der Waals surface area (Å²) in [6.45, 7) is 1.08. The van der Waals surface area contributed by atoms with Gasteiger partial charge in [-0.25, -0.2) is 4.79 Å². The number of aliphatic carboxylic acids is 1. The standard InChI is InChI=1S/C27H30N2O5/c30-25(28-14-17-12-23(17)26(31)32)18-11-5-6-16(18)13-29-27(33)34-15-24-21-9-3-1-7-19(21)20-8-2-4-10-22(20)24/h1-4,7-10,16-18,23-24H,5-6,11-15H2,(H,28,30)(H,29,33)(H,31,32)/t16?,17-,18?,23-/m1/s1. The maximum absolute atomic E-state index is 12.6. The first-order valence-electron chi connectivity index (χ1n) is 12.1. The van der Waals surface area contributed by atoms with Gasteiger partial charge in [0.25, 0.3) is 0 Å². The minimum atomic E-state index is -0.787. The Morgan fingerprint density at radius 2 is 1.50 bits per heavy atom. The van der Waals surface area contributed by atoms with Gasteiger partial charge in [0.1, 0.15) is 6.61 Å². The average Bonchev–Trinajstić information content (AvgIpc) is 3.36. The summed E-state index contributed by atoms with van der Waals surface area (Å²) in [5.41, 5.74) is 4.72. The van der Waals surface area contributed by atoms with Crippen molar-refractivity contribution >= 4 is 18.0 Å². The first-order chi connectivity index (χ1) is 16.5. The molecule has 0 bridgehead atoms. The second kappa shape index (κ2) is 9.49. The predicted molar refractivity (Wildman–Crippen MR) is 126 cm³/mol. The Morgan fingerprint density at radius 1 is 0.853 bits per heavy atom. The fourth-order valence-corrected chi connectivity index (χ4v) is 5.63. The lowest BCUT2D eigenvalue weighted by Crippen LogP contribution is -2.39. The van der Waals surface area contributed by atoms with Gasteiger partial charge >= 0.3 is 12.1 Å². The molecular weight excluding hydrogens is 432 g/mol. The fourth-order valence-electron chi connectivity index (χ4n) is 5.63. The van der Waals surface area contributed by atoms with Crippen molar-refractivity contribution in [3.8, 4) is 11.1 Å². The van der Waals surface area contributed by atoms with E-state index in [2.05, 4.69) is 34.9 Å². The number of nitrogens with one attached hydrogen (secondary N) is 2. The summed E-state index contributed by atoms with van der Waals surface area (Å²) in [7, 11) is 0. The molecule has 2 fully saturated rings. The van der Waals surface area contributed by atoms with Crippen molar-refractivity contribution in [2.45, 2.75) is 31.6 Å². The molecule has 4 atom stereocenters. The van der Waals surface area contributed by atoms with Crippen LogP contribution in [-0.4, -0.2) is 42.8 Å². The highest BCUT2D eigenvalue weighted by molar-refractivity contribution is 5.80. The molecule has 2 aromatic rings. The van der Waals surface area contributed by atoms with E-state index in [1.165, 1.54) is 22.3 Å². The van der Waals surface area contributed by atoms with E-state index in [0.29, 0.717) is 19.5 Å². The molecule has 0 radical (unpaired) electrons. The molecule has 2 amide bonds. The first-order valence-corrected chi connectivity index (χ1v) is 12.1. The first kappa shape index (κ1) is 22.4. The van der Waals surface area contributed by atoms with Gasteiger partial charge in [-0.15, -0.1) is 0 Å². The quantitative estimate of drug-likeness (QED) is 0.554. The molecule has 3 aliphatic rings. The minimum Gasteiger partial charge on any atom is -0.481 e. The SMILES string of the molecule is O=C(NCC1CCCC1C(=O)NC[C@H]1C[C@H]1C(=O)O)OCC1c2ccccc2-c2ccccc21. The van der Waals surface area contributed by atoms with E-state index in [-0.39, 0.29) is 42.1 Å². The number of alkyl carbamates (subject to hydrolysis) is 1. The topological polar surface area (TPSA) is 105 Å². The Morgan fingerprint density at radius 3 is 2.15 bits per heavy atom. The number of carboxylic acids is 1. The van der Waals surface area contributed by atoms with Crippen LogP contribution in [0.25, 0.3) is 11.1 Å². The highest BCUT2D eigenvalue weighted by atomic mass is 16.5. The fraction of sp³-hybridized carbons (Fsp3) is 0.444. The highest BCUT2D eigenvalue weighted by Crippen LogP contribution is 2.44. The van der Waals surface area contributed by atoms with Crippen LogP contribution in [-0.2, 0) is 14.3 Å². The Kier molecular flexibility index (Phi) is 6.26. The summed E-state index contributed by atoms with van der Waals surface area (Å²) in [5, 5.41) is 14.8. The Balaban J connectivity index is 1.10. The van der Waals surface area contributed by atoms with Gasteiger partial charge in [-0.1, -0.05) is 55.0 Å². The Labute approximate surface area is 198 Å². The summed E-state index contributed by atoms with van der Waals surface area (Å²) in [6.07, 6.45) is 2.78. The Hall–Kier alpha value is -3.35. The molecule has 2 unspecified atom stereocenters. The summed E-state index contributed by atoms with van der Waals surface area (Å²) in [4.78, 5) is 36.1. The average molecular weight is 463 g/mol. The highest BCUT2D eigenvalue weighted by Gasteiger charge is 2.43. The molecule has 0 aliphatic heterocycles. The predicted octanol–water partition coefficient (Wildman–Crippen LogP) is 3.78. The number of carboxylic acid groups (broad SMARTS) is 1. The smallest absolute Gasteiger partial charge is 0.407 e. The monoisotopic (exact) mass is 462 g/mol. The van der Waals surface area contributed by atoms with Crippen LogP contribution >= 0.6 is 0 Å². The van der Waals surface area contributed by atoms with Gasteiger partial charge in [0.05, 0.1) is 5.92 Å². The third-order valence-corrected chi connectivity index (χ3v) is 7.63. The maximum Gasteiger partial charge on any atom is 0.407 e. The molecule has 0 heterocycles. The number of hydrogen-bond donors (Lipinski definition) is 3. The van der Waals surface area contributed by atoms with Gasteiger partial charge in [-0.2, -0.15) is 0 Å². The number of benzene rings is 2. The number of carbonyl (C=O) groups is 3. The molecule has 7 nitrogen and oxygen atoms in total. The third kappa shape index (κ3) is 4.52. The number of amides is 2. The van der Waals surface area contributed by atoms with Crippen LogP contribution in [0.15, 0.2) is 48.5 Å². The number of hydrogen-bond acceptors (Lipinski definition) is 4. The Bertz CT molecular complexity index is 1050. The summed E-state index contributed by atoms with van der Waals surface area (Å²) in [5.74, 6) is -1.18. The molecule has 7 heteroatoms. The molecule has 3 aliphatic carbocycles. The largest absolute Gasteiger partial charge is 0.481 e. The zero-order valence-corrected chi connectivity index (χ0v) is 19.0. The van der Waals surface area contributed by atoms with Crippen LogP contribution in [0.5, 0.6) is 0 Å². The van der Waals surface area contributed by atoms with Gasteiger partial charge in [-0.05, 0) is 53.4 Å². The minimum absolute atomic E-state index is 0.0141. The number of rotatable bonds is 8. The lowest BCUT2D eigenvalue weighted by Gasteiger charge is -2.20. The van der Waals surface area contributed by atoms with Gasteiger partial charge in [0, 0.05) is 24.9 Å². The van der Waals surface area contributed by atoms with E-state index in [4.69, 9.17) is 9.84 Å². The van der Waals surface area contributed by atoms with Gasteiger partial charge in [-0.3, -0.25) is 9.59 Å². The number of ether oxygens (including phenoxy) is 1. The van der Waals surface area contributed by atoms with Gasteiger partial charge < -0.3 is 20.5 Å². The van der Waals surface area contributed by atoms with E-state index in [0.717, 1.165) is 19.3 Å². The van der Waals surface area contributed by atoms with Crippen molar-refractivity contribution in [2.75, 3.05) is 19.7 Å². The second-order valence-electron chi connectivity index (χ2n) is 9.69. The van der Waals surface area contributed by atoms with Crippen LogP contribution < -0.4 is 10.6 Å². The van der Waals surface area contributed by atoms with E-state index >= 15 is 0 Å². The molecule has 2 aromatic carbocycles. The van der Waals surface area contributed by atoms with Crippen LogP contribution in [0, 0.1) is 23.7 Å².